The van der Waals surface area contributed by atoms with Gasteiger partial charge in [-0.05, 0) is 25.5 Å². The van der Waals surface area contributed by atoms with Crippen molar-refractivity contribution in [2.45, 2.75) is 26.4 Å². The van der Waals surface area contributed by atoms with E-state index in [-0.39, 0.29) is 18.4 Å². The maximum atomic E-state index is 12.2. The van der Waals surface area contributed by atoms with Crippen LogP contribution in [0.25, 0.3) is 0 Å². The summed E-state index contributed by atoms with van der Waals surface area (Å²) < 4.78 is 5.51. The number of ether oxygens (including phenoxy) is 1. The van der Waals surface area contributed by atoms with Crippen LogP contribution in [0.4, 0.5) is 11.4 Å². The number of carbonyl (C=O) groups excluding carboxylic acids is 2. The summed E-state index contributed by atoms with van der Waals surface area (Å²) >= 11 is 0. The van der Waals surface area contributed by atoms with Gasteiger partial charge in [0.1, 0.15) is 18.0 Å². The Balaban J connectivity index is 2.27. The van der Waals surface area contributed by atoms with E-state index in [0.29, 0.717) is 23.7 Å². The summed E-state index contributed by atoms with van der Waals surface area (Å²) in [5.41, 5.74) is 6.81. The standard InChI is InChI=1S/C14H19N3O3/c1-3-7-16-12(18)8-17-13-10(15)5-4-6-11(13)20-9(2)14(17)19/h4-6,9H,3,7-8,15H2,1-2H3,(H,16,18). The molecule has 1 aliphatic heterocycles. The zero-order valence-corrected chi connectivity index (χ0v) is 11.7. The summed E-state index contributed by atoms with van der Waals surface area (Å²) in [5, 5.41) is 2.75. The number of hydrogen-bond donors (Lipinski definition) is 2. The van der Waals surface area contributed by atoms with Crippen LogP contribution in [-0.2, 0) is 9.59 Å². The molecular weight excluding hydrogens is 258 g/mol. The molecule has 0 bridgehead atoms. The topological polar surface area (TPSA) is 84.7 Å². The van der Waals surface area contributed by atoms with Gasteiger partial charge in [0, 0.05) is 6.54 Å². The highest BCUT2D eigenvalue weighted by Crippen LogP contribution is 2.38. The molecule has 0 radical (unpaired) electrons. The third kappa shape index (κ3) is 2.68. The molecule has 0 saturated carbocycles. The fraction of sp³-hybridized carbons (Fsp3) is 0.429. The third-order valence-corrected chi connectivity index (χ3v) is 3.09. The number of fused-ring (bicyclic) bond motifs is 1. The van der Waals surface area contributed by atoms with E-state index >= 15 is 0 Å². The average molecular weight is 277 g/mol. The van der Waals surface area contributed by atoms with Crippen molar-refractivity contribution in [1.29, 1.82) is 0 Å². The molecule has 20 heavy (non-hydrogen) atoms. The monoisotopic (exact) mass is 277 g/mol. The van der Waals surface area contributed by atoms with E-state index in [0.717, 1.165) is 6.42 Å². The molecule has 1 unspecified atom stereocenters. The van der Waals surface area contributed by atoms with Gasteiger partial charge in [0.05, 0.1) is 5.69 Å². The number of nitrogen functional groups attached to an aromatic ring is 1. The Kier molecular flexibility index (Phi) is 4.12. The van der Waals surface area contributed by atoms with Crippen LogP contribution in [0, 0.1) is 0 Å². The predicted molar refractivity (Wildman–Crippen MR) is 76.6 cm³/mol. The number of nitrogens with two attached hydrogens (primary N) is 1. The maximum absolute atomic E-state index is 12.2. The first kappa shape index (κ1) is 14.2. The predicted octanol–water partition coefficient (Wildman–Crippen LogP) is 0.909. The Bertz CT molecular complexity index is 530. The van der Waals surface area contributed by atoms with E-state index in [1.807, 2.05) is 6.92 Å². The molecule has 1 aromatic carbocycles. The summed E-state index contributed by atoms with van der Waals surface area (Å²) in [6.07, 6.45) is 0.223. The second-order valence-electron chi connectivity index (χ2n) is 4.73. The van der Waals surface area contributed by atoms with Gasteiger partial charge in [-0.3, -0.25) is 14.5 Å². The van der Waals surface area contributed by atoms with Gasteiger partial charge < -0.3 is 15.8 Å². The molecule has 108 valence electrons. The molecule has 2 amide bonds. The number of hydrogen-bond acceptors (Lipinski definition) is 4. The molecule has 6 heteroatoms. The van der Waals surface area contributed by atoms with Crippen LogP contribution in [0.1, 0.15) is 20.3 Å². The Morgan fingerprint density at radius 1 is 1.50 bits per heavy atom. The molecule has 1 aromatic rings. The van der Waals surface area contributed by atoms with Crippen molar-refractivity contribution < 1.29 is 14.3 Å². The largest absolute Gasteiger partial charge is 0.479 e. The molecule has 0 saturated heterocycles. The first-order valence-electron chi connectivity index (χ1n) is 6.67. The minimum atomic E-state index is -0.622. The first-order valence-corrected chi connectivity index (χ1v) is 6.67. The van der Waals surface area contributed by atoms with Crippen LogP contribution in [0.5, 0.6) is 5.75 Å². The zero-order valence-electron chi connectivity index (χ0n) is 11.7. The van der Waals surface area contributed by atoms with Crippen molar-refractivity contribution in [3.8, 4) is 5.75 Å². The van der Waals surface area contributed by atoms with Gasteiger partial charge in [-0.25, -0.2) is 0 Å². The fourth-order valence-electron chi connectivity index (χ4n) is 2.11. The van der Waals surface area contributed by atoms with Crippen LogP contribution in [0.3, 0.4) is 0 Å². The number of carbonyl (C=O) groups is 2. The number of amides is 2. The minimum absolute atomic E-state index is 0.0479. The maximum Gasteiger partial charge on any atom is 0.268 e. The van der Waals surface area contributed by atoms with Gasteiger partial charge in [0.15, 0.2) is 6.10 Å². The lowest BCUT2D eigenvalue weighted by Crippen LogP contribution is -2.49. The molecular formula is C14H19N3O3. The molecule has 0 fully saturated rings. The van der Waals surface area contributed by atoms with Gasteiger partial charge in [-0.15, -0.1) is 0 Å². The lowest BCUT2D eigenvalue weighted by molar-refractivity contribution is -0.128. The quantitative estimate of drug-likeness (QED) is 0.801. The van der Waals surface area contributed by atoms with Crippen LogP contribution < -0.4 is 20.7 Å². The molecule has 1 atom stereocenters. The lowest BCUT2D eigenvalue weighted by atomic mass is 10.1. The van der Waals surface area contributed by atoms with Crippen LogP contribution in [0.15, 0.2) is 18.2 Å². The molecule has 6 nitrogen and oxygen atoms in total. The number of para-hydroxylation sites is 1. The van der Waals surface area contributed by atoms with Crippen LogP contribution >= 0.6 is 0 Å². The van der Waals surface area contributed by atoms with E-state index in [2.05, 4.69) is 5.32 Å². The van der Waals surface area contributed by atoms with Gasteiger partial charge >= 0.3 is 0 Å². The van der Waals surface area contributed by atoms with E-state index in [9.17, 15) is 9.59 Å². The highest BCUT2D eigenvalue weighted by molar-refractivity contribution is 6.06. The van der Waals surface area contributed by atoms with Crippen LogP contribution in [-0.4, -0.2) is 31.0 Å². The van der Waals surface area contributed by atoms with Crippen molar-refractivity contribution in [2.24, 2.45) is 0 Å². The van der Waals surface area contributed by atoms with Crippen molar-refractivity contribution in [3.05, 3.63) is 18.2 Å². The molecule has 0 aliphatic carbocycles. The highest BCUT2D eigenvalue weighted by Gasteiger charge is 2.33. The van der Waals surface area contributed by atoms with Gasteiger partial charge in [-0.2, -0.15) is 0 Å². The SMILES string of the molecule is CCCNC(=O)CN1C(=O)C(C)Oc2cccc(N)c21. The first-order chi connectivity index (χ1) is 9.54. The number of nitrogens with zero attached hydrogens (tertiary/aromatic N) is 1. The Labute approximate surface area is 117 Å². The fourth-order valence-corrected chi connectivity index (χ4v) is 2.11. The number of nitrogens with one attached hydrogen (secondary N) is 1. The van der Waals surface area contributed by atoms with Crippen molar-refractivity contribution in [3.63, 3.8) is 0 Å². The van der Waals surface area contributed by atoms with Crippen molar-refractivity contribution in [2.75, 3.05) is 23.7 Å². The summed E-state index contributed by atoms with van der Waals surface area (Å²) in [7, 11) is 0. The molecule has 0 aromatic heterocycles. The normalized spacial score (nSPS) is 17.4. The molecule has 0 spiro atoms. The smallest absolute Gasteiger partial charge is 0.268 e. The van der Waals surface area contributed by atoms with Gasteiger partial charge in [0.25, 0.3) is 5.91 Å². The molecule has 1 heterocycles. The molecule has 2 rings (SSSR count). The summed E-state index contributed by atoms with van der Waals surface area (Å²) in [6, 6.07) is 5.18. The van der Waals surface area contributed by atoms with Crippen molar-refractivity contribution >= 4 is 23.2 Å². The number of benzene rings is 1. The second kappa shape index (κ2) is 5.81. The lowest BCUT2D eigenvalue weighted by Gasteiger charge is -2.33. The number of anilines is 2. The van der Waals surface area contributed by atoms with Gasteiger partial charge in [0.2, 0.25) is 5.91 Å². The summed E-state index contributed by atoms with van der Waals surface area (Å²) in [5.74, 6) is 0.0611. The Hall–Kier alpha value is -2.24. The summed E-state index contributed by atoms with van der Waals surface area (Å²) in [6.45, 7) is 4.17. The second-order valence-corrected chi connectivity index (χ2v) is 4.73. The molecule has 1 aliphatic rings. The highest BCUT2D eigenvalue weighted by atomic mass is 16.5. The van der Waals surface area contributed by atoms with Crippen LogP contribution in [0.2, 0.25) is 0 Å². The van der Waals surface area contributed by atoms with Crippen molar-refractivity contribution in [1.82, 2.24) is 5.32 Å². The average Bonchev–Trinajstić information content (AvgIpc) is 2.41. The zero-order chi connectivity index (χ0) is 14.7. The number of rotatable bonds is 4. The minimum Gasteiger partial charge on any atom is -0.479 e. The molecule has 3 N–H and O–H groups in total. The van der Waals surface area contributed by atoms with Gasteiger partial charge in [-0.1, -0.05) is 13.0 Å². The summed E-state index contributed by atoms with van der Waals surface area (Å²) in [4.78, 5) is 25.5. The van der Waals surface area contributed by atoms with E-state index < -0.39 is 6.10 Å². The van der Waals surface area contributed by atoms with E-state index in [1.54, 1.807) is 25.1 Å². The Morgan fingerprint density at radius 2 is 2.25 bits per heavy atom. The third-order valence-electron chi connectivity index (χ3n) is 3.09. The van der Waals surface area contributed by atoms with E-state index in [1.165, 1.54) is 4.90 Å². The Morgan fingerprint density at radius 3 is 2.95 bits per heavy atom. The van der Waals surface area contributed by atoms with E-state index in [4.69, 9.17) is 10.5 Å².